The second-order valence-electron chi connectivity index (χ2n) is 4.08. The highest BCUT2D eigenvalue weighted by Crippen LogP contribution is 2.75. The fourth-order valence-electron chi connectivity index (χ4n) is 2.50. The second-order valence-corrected chi connectivity index (χ2v) is 7.35. The van der Waals surface area contributed by atoms with Crippen molar-refractivity contribution in [1.29, 1.82) is 0 Å². The predicted octanol–water partition coefficient (Wildman–Crippen LogP) is 4.28. The van der Waals surface area contributed by atoms with Crippen molar-refractivity contribution in [2.75, 3.05) is 0 Å². The van der Waals surface area contributed by atoms with Crippen molar-refractivity contribution in [1.82, 2.24) is 0 Å². The molecule has 2 aliphatic rings. The molecule has 0 heterocycles. The van der Waals surface area contributed by atoms with E-state index >= 15 is 0 Å². The van der Waals surface area contributed by atoms with E-state index in [0.29, 0.717) is 6.29 Å². The van der Waals surface area contributed by atoms with Gasteiger partial charge in [0.2, 0.25) is 0 Å². The van der Waals surface area contributed by atoms with Crippen LogP contribution in [0.1, 0.15) is 6.92 Å². The summed E-state index contributed by atoms with van der Waals surface area (Å²) in [4.78, 5) is 8.35. The minimum absolute atomic E-state index is 0.0611. The lowest BCUT2D eigenvalue weighted by Crippen LogP contribution is -2.44. The topological polar surface area (TPSA) is 17.1 Å². The average Bonchev–Trinajstić information content (AvgIpc) is 2.40. The third-order valence-corrected chi connectivity index (χ3v) is 7.90. The molecular weight excluding hydrogens is 337 g/mol. The largest absolute Gasteiger partial charge is 0.303 e. The van der Waals surface area contributed by atoms with Crippen LogP contribution >= 0.6 is 69.6 Å². The normalized spacial score (nSPS) is 49.9. The maximum absolute atomic E-state index is 11.1. The number of fused-ring (bicyclic) bond motifs is 2. The molecular formula is C9H6Cl6O. The predicted molar refractivity (Wildman–Crippen MR) is 69.1 cm³/mol. The first-order chi connectivity index (χ1) is 7.17. The number of halogens is 6. The Morgan fingerprint density at radius 3 is 1.88 bits per heavy atom. The highest BCUT2D eigenvalue weighted by Gasteiger charge is 2.81. The van der Waals surface area contributed by atoms with Crippen molar-refractivity contribution in [3.8, 4) is 0 Å². The molecule has 1 saturated carbocycles. The van der Waals surface area contributed by atoms with Gasteiger partial charge in [-0.1, -0.05) is 53.3 Å². The number of alkyl halides is 4. The molecule has 7 heteroatoms. The molecule has 0 amide bonds. The van der Waals surface area contributed by atoms with E-state index in [0.717, 1.165) is 0 Å². The van der Waals surface area contributed by atoms with Gasteiger partial charge >= 0.3 is 0 Å². The van der Waals surface area contributed by atoms with Crippen LogP contribution in [0, 0.1) is 11.8 Å². The zero-order chi connectivity index (χ0) is 12.5. The molecule has 0 aliphatic heterocycles. The quantitative estimate of drug-likeness (QED) is 0.513. The Morgan fingerprint density at radius 2 is 1.50 bits per heavy atom. The Morgan fingerprint density at radius 1 is 1.06 bits per heavy atom. The van der Waals surface area contributed by atoms with Crippen LogP contribution in [0.5, 0.6) is 0 Å². The average molecular weight is 343 g/mol. The summed E-state index contributed by atoms with van der Waals surface area (Å²) in [5, 5.41) is 0.187. The standard InChI is InChI=1S/C9H6Cl6O/c1-3-4(2-16)8(13)6(11)5(10)7(3,12)9(8,14)15/h2-4H,1H3/t3?,4?,7-,8+/m0/s1. The Labute approximate surface area is 123 Å². The zero-order valence-corrected chi connectivity index (χ0v) is 12.4. The lowest BCUT2D eigenvalue weighted by atomic mass is 9.84. The van der Waals surface area contributed by atoms with Gasteiger partial charge in [0.25, 0.3) is 0 Å². The fraction of sp³-hybridized carbons (Fsp3) is 0.667. The molecule has 1 fully saturated rings. The number of aldehydes is 1. The summed E-state index contributed by atoms with van der Waals surface area (Å²) in [5.74, 6) is -1.06. The van der Waals surface area contributed by atoms with Gasteiger partial charge in [0, 0.05) is 5.92 Å². The molecule has 0 N–H and O–H groups in total. The molecule has 2 unspecified atom stereocenters. The van der Waals surface area contributed by atoms with Crippen LogP contribution in [0.4, 0.5) is 0 Å². The van der Waals surface area contributed by atoms with Crippen molar-refractivity contribution >= 4 is 75.9 Å². The maximum Gasteiger partial charge on any atom is 0.167 e. The van der Waals surface area contributed by atoms with Gasteiger partial charge in [-0.15, -0.1) is 23.2 Å². The Hall–Kier alpha value is 1.15. The van der Waals surface area contributed by atoms with Crippen molar-refractivity contribution < 1.29 is 4.79 Å². The van der Waals surface area contributed by atoms with Gasteiger partial charge in [-0.25, -0.2) is 0 Å². The van der Waals surface area contributed by atoms with Crippen LogP contribution in [-0.4, -0.2) is 20.4 Å². The minimum Gasteiger partial charge on any atom is -0.303 e. The molecule has 2 aliphatic carbocycles. The summed E-state index contributed by atoms with van der Waals surface area (Å²) >= 11 is 37.2. The molecule has 0 aromatic rings. The van der Waals surface area contributed by atoms with E-state index < -0.39 is 25.9 Å². The summed E-state index contributed by atoms with van der Waals surface area (Å²) in [6.45, 7) is 1.72. The summed E-state index contributed by atoms with van der Waals surface area (Å²) in [6.07, 6.45) is 0.674. The van der Waals surface area contributed by atoms with Gasteiger partial charge in [-0.2, -0.15) is 0 Å². The van der Waals surface area contributed by atoms with E-state index in [-0.39, 0.29) is 10.1 Å². The Kier molecular flexibility index (Phi) is 3.04. The molecule has 16 heavy (non-hydrogen) atoms. The van der Waals surface area contributed by atoms with E-state index in [4.69, 9.17) is 69.6 Å². The van der Waals surface area contributed by atoms with E-state index in [9.17, 15) is 4.79 Å². The first-order valence-electron chi connectivity index (χ1n) is 4.44. The molecule has 1 nitrogen and oxygen atoms in total. The first-order valence-corrected chi connectivity index (χ1v) is 6.71. The van der Waals surface area contributed by atoms with Crippen molar-refractivity contribution in [3.05, 3.63) is 10.1 Å². The highest BCUT2D eigenvalue weighted by atomic mass is 35.5. The minimum atomic E-state index is -1.61. The lowest BCUT2D eigenvalue weighted by molar-refractivity contribution is -0.112. The molecule has 90 valence electrons. The van der Waals surface area contributed by atoms with Gasteiger partial charge in [-0.3, -0.25) is 0 Å². The Balaban J connectivity index is 2.77. The number of hydrogen-bond donors (Lipinski definition) is 0. The molecule has 0 radical (unpaired) electrons. The van der Waals surface area contributed by atoms with E-state index in [1.54, 1.807) is 6.92 Å². The summed E-state index contributed by atoms with van der Waals surface area (Å²) in [7, 11) is 0. The summed E-state index contributed by atoms with van der Waals surface area (Å²) in [5.41, 5.74) is 0. The molecule has 4 atom stereocenters. The van der Waals surface area contributed by atoms with Gasteiger partial charge in [-0.05, 0) is 5.92 Å². The van der Waals surface area contributed by atoms with Crippen LogP contribution in [0.3, 0.4) is 0 Å². The van der Waals surface area contributed by atoms with Crippen LogP contribution in [0.2, 0.25) is 0 Å². The number of carbonyl (C=O) groups excluding carboxylic acids is 1. The van der Waals surface area contributed by atoms with Crippen molar-refractivity contribution in [3.63, 3.8) is 0 Å². The number of carbonyl (C=O) groups is 1. The van der Waals surface area contributed by atoms with Gasteiger partial charge < -0.3 is 4.79 Å². The van der Waals surface area contributed by atoms with Crippen LogP contribution in [-0.2, 0) is 4.79 Å². The molecule has 2 rings (SSSR count). The first kappa shape index (κ1) is 13.6. The summed E-state index contributed by atoms with van der Waals surface area (Å²) < 4.78 is -1.61. The smallest absolute Gasteiger partial charge is 0.167 e. The van der Waals surface area contributed by atoms with E-state index in [1.165, 1.54) is 0 Å². The monoisotopic (exact) mass is 340 g/mol. The highest BCUT2D eigenvalue weighted by molar-refractivity contribution is 6.66. The van der Waals surface area contributed by atoms with Crippen LogP contribution in [0.15, 0.2) is 10.1 Å². The molecule has 0 saturated heterocycles. The van der Waals surface area contributed by atoms with E-state index in [2.05, 4.69) is 0 Å². The molecule has 2 bridgehead atoms. The SMILES string of the molecule is CC1C(C=O)[C@@]2(Cl)C(Cl)=C(Cl)[C@]1(Cl)C2(Cl)Cl. The lowest BCUT2D eigenvalue weighted by Gasteiger charge is -2.32. The van der Waals surface area contributed by atoms with Gasteiger partial charge in [0.15, 0.2) is 4.33 Å². The molecule has 0 aromatic carbocycles. The molecule has 0 aromatic heterocycles. The van der Waals surface area contributed by atoms with E-state index in [1.807, 2.05) is 0 Å². The molecule has 0 spiro atoms. The van der Waals surface area contributed by atoms with Gasteiger partial charge in [0.05, 0.1) is 10.1 Å². The van der Waals surface area contributed by atoms with Crippen LogP contribution in [0.25, 0.3) is 0 Å². The van der Waals surface area contributed by atoms with Crippen molar-refractivity contribution in [2.45, 2.75) is 21.0 Å². The zero-order valence-electron chi connectivity index (χ0n) is 7.91. The van der Waals surface area contributed by atoms with Crippen LogP contribution < -0.4 is 0 Å². The Bertz CT molecular complexity index is 405. The second kappa shape index (κ2) is 3.59. The maximum atomic E-state index is 11.1. The van der Waals surface area contributed by atoms with Crippen molar-refractivity contribution in [2.24, 2.45) is 11.8 Å². The third kappa shape index (κ3) is 1.07. The summed E-state index contributed by atoms with van der Waals surface area (Å²) in [6, 6.07) is 0. The number of allylic oxidation sites excluding steroid dienone is 2. The third-order valence-electron chi connectivity index (χ3n) is 3.52. The number of hydrogen-bond acceptors (Lipinski definition) is 1. The number of rotatable bonds is 1. The fourth-order valence-corrected chi connectivity index (χ4v) is 5.56. The van der Waals surface area contributed by atoms with Gasteiger partial charge in [0.1, 0.15) is 16.0 Å².